The molecule has 0 saturated carbocycles. The van der Waals surface area contributed by atoms with Gasteiger partial charge in [-0.2, -0.15) is 0 Å². The molecule has 3 nitrogen and oxygen atoms in total. The Morgan fingerprint density at radius 3 is 2.36 bits per heavy atom. The maximum absolute atomic E-state index is 13.1. The lowest BCUT2D eigenvalue weighted by atomic mass is 9.85. The fourth-order valence-corrected chi connectivity index (χ4v) is 5.33. The zero-order chi connectivity index (χ0) is 19.1. The Balaban J connectivity index is 1.36. The zero-order valence-electron chi connectivity index (χ0n) is 16.4. The molecule has 0 spiro atoms. The maximum Gasteiger partial charge on any atom is 0.410 e. The number of ether oxygens (including phenoxy) is 1. The third-order valence-corrected chi connectivity index (χ3v) is 6.71. The first-order valence-electron chi connectivity index (χ1n) is 10.6. The number of rotatable bonds is 3. The summed E-state index contributed by atoms with van der Waals surface area (Å²) in [6.45, 7) is 2.62. The van der Waals surface area contributed by atoms with E-state index in [1.807, 2.05) is 4.90 Å². The smallest absolute Gasteiger partial charge is 0.410 e. The van der Waals surface area contributed by atoms with Gasteiger partial charge in [-0.25, -0.2) is 4.79 Å². The van der Waals surface area contributed by atoms with Crippen molar-refractivity contribution in [1.29, 1.82) is 0 Å². The van der Waals surface area contributed by atoms with E-state index in [9.17, 15) is 4.79 Å². The summed E-state index contributed by atoms with van der Waals surface area (Å²) in [5.74, 6) is 0.128. The Morgan fingerprint density at radius 1 is 1.04 bits per heavy atom. The van der Waals surface area contributed by atoms with Crippen LogP contribution in [0.3, 0.4) is 0 Å². The average molecular weight is 373 g/mol. The van der Waals surface area contributed by atoms with Crippen LogP contribution in [0.1, 0.15) is 56.1 Å². The van der Waals surface area contributed by atoms with Gasteiger partial charge in [-0.3, -0.25) is 4.90 Å². The fourth-order valence-electron chi connectivity index (χ4n) is 5.33. The Labute approximate surface area is 167 Å². The van der Waals surface area contributed by atoms with Gasteiger partial charge in [-0.15, -0.1) is 0 Å². The second-order valence-corrected chi connectivity index (χ2v) is 8.25. The van der Waals surface area contributed by atoms with Crippen molar-refractivity contribution >= 4 is 6.09 Å². The molecule has 5 rings (SSSR count). The van der Waals surface area contributed by atoms with E-state index in [0.717, 1.165) is 25.7 Å². The molecule has 0 radical (unpaired) electrons. The second kappa shape index (κ2) is 7.12. The number of benzene rings is 2. The van der Waals surface area contributed by atoms with Gasteiger partial charge in [0.15, 0.2) is 0 Å². The lowest BCUT2D eigenvalue weighted by molar-refractivity contribution is 0.0508. The van der Waals surface area contributed by atoms with Gasteiger partial charge in [0.25, 0.3) is 0 Å². The average Bonchev–Trinajstić information content (AvgIpc) is 3.05. The number of carbonyl (C=O) groups excluding carboxylic acids is 1. The van der Waals surface area contributed by atoms with Crippen LogP contribution in [0.5, 0.6) is 0 Å². The highest BCUT2D eigenvalue weighted by atomic mass is 16.6. The summed E-state index contributed by atoms with van der Waals surface area (Å²) in [4.78, 5) is 15.1. The van der Waals surface area contributed by atoms with Gasteiger partial charge in [-0.1, -0.05) is 67.1 Å². The van der Waals surface area contributed by atoms with Crippen LogP contribution in [-0.4, -0.2) is 29.7 Å². The number of piperidine rings is 1. The van der Waals surface area contributed by atoms with Crippen LogP contribution in [0.15, 0.2) is 60.2 Å². The topological polar surface area (TPSA) is 29.5 Å². The van der Waals surface area contributed by atoms with E-state index in [1.54, 1.807) is 0 Å². The maximum atomic E-state index is 13.1. The standard InChI is InChI=1S/C25H27NO2/c1-2-17-14-18-8-7-9-19(15-17)26(18)25(27)28-16-24-22-12-5-3-10-20(22)21-11-4-6-13-23(21)24/h3-6,10-14,18-19,24H,2,7-9,15-16H2,1H3. The molecule has 2 aromatic rings. The number of hydrogen-bond donors (Lipinski definition) is 0. The second-order valence-electron chi connectivity index (χ2n) is 8.25. The molecule has 28 heavy (non-hydrogen) atoms. The van der Waals surface area contributed by atoms with Crippen molar-refractivity contribution in [2.45, 2.75) is 57.0 Å². The summed E-state index contributed by atoms with van der Waals surface area (Å²) in [6.07, 6.45) is 7.64. The van der Waals surface area contributed by atoms with Crippen LogP contribution >= 0.6 is 0 Å². The molecular weight excluding hydrogens is 346 g/mol. The molecule has 2 unspecified atom stereocenters. The van der Waals surface area contributed by atoms with Crippen LogP contribution in [0.4, 0.5) is 4.79 Å². The molecule has 3 heteroatoms. The van der Waals surface area contributed by atoms with Gasteiger partial charge in [0, 0.05) is 12.0 Å². The van der Waals surface area contributed by atoms with Crippen LogP contribution < -0.4 is 0 Å². The lowest BCUT2D eigenvalue weighted by Crippen LogP contribution is -2.52. The molecule has 0 N–H and O–H groups in total. The van der Waals surface area contributed by atoms with E-state index in [4.69, 9.17) is 4.74 Å². The van der Waals surface area contributed by atoms with E-state index in [2.05, 4.69) is 61.5 Å². The van der Waals surface area contributed by atoms with Gasteiger partial charge < -0.3 is 4.74 Å². The van der Waals surface area contributed by atoms with Crippen molar-refractivity contribution < 1.29 is 9.53 Å². The minimum absolute atomic E-state index is 0.128. The lowest BCUT2D eigenvalue weighted by Gasteiger charge is -2.44. The first kappa shape index (κ1) is 17.5. The number of fused-ring (bicyclic) bond motifs is 5. The van der Waals surface area contributed by atoms with Crippen molar-refractivity contribution in [3.8, 4) is 11.1 Å². The Hall–Kier alpha value is -2.55. The van der Waals surface area contributed by atoms with Gasteiger partial charge in [0.05, 0.1) is 6.04 Å². The van der Waals surface area contributed by atoms with E-state index in [0.29, 0.717) is 12.6 Å². The van der Waals surface area contributed by atoms with E-state index < -0.39 is 0 Å². The van der Waals surface area contributed by atoms with Crippen molar-refractivity contribution in [1.82, 2.24) is 4.90 Å². The summed E-state index contributed by atoms with van der Waals surface area (Å²) >= 11 is 0. The van der Waals surface area contributed by atoms with E-state index in [-0.39, 0.29) is 18.1 Å². The van der Waals surface area contributed by atoms with Crippen LogP contribution in [-0.2, 0) is 4.74 Å². The van der Waals surface area contributed by atoms with Crippen LogP contribution in [0.25, 0.3) is 11.1 Å². The Bertz CT molecular complexity index is 886. The molecule has 1 amide bonds. The minimum Gasteiger partial charge on any atom is -0.448 e. The fraction of sp³-hybridized carbons (Fsp3) is 0.400. The molecule has 2 aromatic carbocycles. The van der Waals surface area contributed by atoms with E-state index >= 15 is 0 Å². The van der Waals surface area contributed by atoms with Gasteiger partial charge in [-0.05, 0) is 54.4 Å². The summed E-state index contributed by atoms with van der Waals surface area (Å²) in [7, 11) is 0. The summed E-state index contributed by atoms with van der Waals surface area (Å²) in [5, 5.41) is 0. The van der Waals surface area contributed by atoms with Gasteiger partial charge in [0.1, 0.15) is 6.61 Å². The first-order valence-corrected chi connectivity index (χ1v) is 10.6. The third kappa shape index (κ3) is 2.85. The van der Waals surface area contributed by atoms with Crippen molar-refractivity contribution in [3.63, 3.8) is 0 Å². The predicted molar refractivity (Wildman–Crippen MR) is 111 cm³/mol. The SMILES string of the molecule is CCC1=CC2CCCC(C1)N2C(=O)OCC1c2ccccc2-c2ccccc21. The zero-order valence-corrected chi connectivity index (χ0v) is 16.4. The summed E-state index contributed by atoms with van der Waals surface area (Å²) in [6, 6.07) is 17.5. The quantitative estimate of drug-likeness (QED) is 0.627. The molecule has 1 fully saturated rings. The first-order chi connectivity index (χ1) is 13.8. The third-order valence-electron chi connectivity index (χ3n) is 6.71. The molecule has 2 atom stereocenters. The molecule has 2 aliphatic heterocycles. The Kier molecular flexibility index (Phi) is 4.46. The van der Waals surface area contributed by atoms with Crippen molar-refractivity contribution in [2.24, 2.45) is 0 Å². The van der Waals surface area contributed by atoms with Gasteiger partial charge >= 0.3 is 6.09 Å². The molecule has 144 valence electrons. The number of carbonyl (C=O) groups is 1. The number of nitrogens with zero attached hydrogens (tertiary/aromatic N) is 1. The molecular formula is C25H27NO2. The van der Waals surface area contributed by atoms with Crippen molar-refractivity contribution in [3.05, 3.63) is 71.3 Å². The molecule has 2 heterocycles. The highest BCUT2D eigenvalue weighted by molar-refractivity contribution is 5.79. The molecule has 1 aliphatic carbocycles. The summed E-state index contributed by atoms with van der Waals surface area (Å²) in [5.41, 5.74) is 6.57. The highest BCUT2D eigenvalue weighted by Crippen LogP contribution is 2.44. The number of amides is 1. The van der Waals surface area contributed by atoms with Gasteiger partial charge in [0.2, 0.25) is 0 Å². The molecule has 0 aromatic heterocycles. The predicted octanol–water partition coefficient (Wildman–Crippen LogP) is 5.90. The molecule has 3 aliphatic rings. The summed E-state index contributed by atoms with van der Waals surface area (Å²) < 4.78 is 5.94. The molecule has 2 bridgehead atoms. The number of hydrogen-bond acceptors (Lipinski definition) is 2. The van der Waals surface area contributed by atoms with Crippen LogP contribution in [0.2, 0.25) is 0 Å². The monoisotopic (exact) mass is 373 g/mol. The highest BCUT2D eigenvalue weighted by Gasteiger charge is 2.38. The largest absolute Gasteiger partial charge is 0.448 e. The van der Waals surface area contributed by atoms with Crippen molar-refractivity contribution in [2.75, 3.05) is 6.61 Å². The molecule has 1 saturated heterocycles. The minimum atomic E-state index is -0.136. The van der Waals surface area contributed by atoms with Crippen LogP contribution in [0, 0.1) is 0 Å². The van der Waals surface area contributed by atoms with E-state index in [1.165, 1.54) is 34.2 Å². The Morgan fingerprint density at radius 2 is 1.71 bits per heavy atom. The normalized spacial score (nSPS) is 23.0.